The molecule has 1 saturated carbocycles. The second-order valence-electron chi connectivity index (χ2n) is 5.34. The van der Waals surface area contributed by atoms with Crippen molar-refractivity contribution in [2.45, 2.75) is 44.6 Å². The summed E-state index contributed by atoms with van der Waals surface area (Å²) in [5, 5.41) is 0.208. The molecule has 0 bridgehead atoms. The Bertz CT molecular complexity index is 454. The maximum Gasteiger partial charge on any atom is 0.322 e. The van der Waals surface area contributed by atoms with Gasteiger partial charge < -0.3 is 9.64 Å². The van der Waals surface area contributed by atoms with E-state index in [0.29, 0.717) is 18.0 Å². The van der Waals surface area contributed by atoms with E-state index in [2.05, 4.69) is 19.9 Å². The van der Waals surface area contributed by atoms with E-state index in [-0.39, 0.29) is 5.28 Å². The van der Waals surface area contributed by atoms with Crippen LogP contribution < -0.4 is 9.64 Å². The number of nitrogens with zero attached hydrogens (tertiary/aromatic N) is 4. The Labute approximate surface area is 118 Å². The highest BCUT2D eigenvalue weighted by atomic mass is 35.5. The summed E-state index contributed by atoms with van der Waals surface area (Å²) < 4.78 is 5.09. The molecule has 2 atom stereocenters. The van der Waals surface area contributed by atoms with Crippen LogP contribution in [0.4, 0.5) is 5.95 Å². The van der Waals surface area contributed by atoms with Crippen molar-refractivity contribution in [3.8, 4) is 6.01 Å². The Morgan fingerprint density at radius 2 is 1.89 bits per heavy atom. The molecule has 1 aliphatic heterocycles. The number of anilines is 1. The van der Waals surface area contributed by atoms with Crippen molar-refractivity contribution in [3.63, 3.8) is 0 Å². The van der Waals surface area contributed by atoms with Gasteiger partial charge in [-0.15, -0.1) is 0 Å². The van der Waals surface area contributed by atoms with E-state index >= 15 is 0 Å². The zero-order valence-electron chi connectivity index (χ0n) is 11.2. The molecule has 104 valence electrons. The van der Waals surface area contributed by atoms with Gasteiger partial charge in [0.25, 0.3) is 0 Å². The highest BCUT2D eigenvalue weighted by Crippen LogP contribution is 2.37. The lowest BCUT2D eigenvalue weighted by Crippen LogP contribution is -2.47. The van der Waals surface area contributed by atoms with Gasteiger partial charge in [-0.3, -0.25) is 0 Å². The smallest absolute Gasteiger partial charge is 0.322 e. The molecule has 0 spiro atoms. The van der Waals surface area contributed by atoms with Crippen LogP contribution in [0.15, 0.2) is 0 Å². The topological polar surface area (TPSA) is 51.1 Å². The third-order valence-corrected chi connectivity index (χ3v) is 4.43. The van der Waals surface area contributed by atoms with Crippen LogP contribution in [0.1, 0.15) is 38.5 Å². The maximum atomic E-state index is 5.95. The van der Waals surface area contributed by atoms with Crippen molar-refractivity contribution in [1.82, 2.24) is 15.0 Å². The molecule has 6 heteroatoms. The minimum Gasteiger partial charge on any atom is -0.467 e. The van der Waals surface area contributed by atoms with Crippen molar-refractivity contribution < 1.29 is 4.74 Å². The number of hydrogen-bond acceptors (Lipinski definition) is 5. The quantitative estimate of drug-likeness (QED) is 0.835. The average molecular weight is 283 g/mol. The minimum atomic E-state index is 0.208. The van der Waals surface area contributed by atoms with Gasteiger partial charge in [0.05, 0.1) is 7.11 Å². The molecule has 0 amide bonds. The molecule has 0 radical (unpaired) electrons. The van der Waals surface area contributed by atoms with Crippen LogP contribution in [0.2, 0.25) is 5.28 Å². The van der Waals surface area contributed by atoms with Gasteiger partial charge in [0.1, 0.15) is 0 Å². The maximum absolute atomic E-state index is 5.95. The zero-order chi connectivity index (χ0) is 13.2. The Hall–Kier alpha value is -1.10. The van der Waals surface area contributed by atoms with Crippen LogP contribution in [-0.4, -0.2) is 34.6 Å². The number of piperidine rings is 1. The summed E-state index contributed by atoms with van der Waals surface area (Å²) >= 11 is 5.95. The lowest BCUT2D eigenvalue weighted by molar-refractivity contribution is 0.241. The normalized spacial score (nSPS) is 26.9. The van der Waals surface area contributed by atoms with E-state index in [1.54, 1.807) is 7.11 Å². The van der Waals surface area contributed by atoms with Crippen LogP contribution in [0.5, 0.6) is 6.01 Å². The Balaban J connectivity index is 1.89. The largest absolute Gasteiger partial charge is 0.467 e. The molecule has 1 aromatic heterocycles. The highest BCUT2D eigenvalue weighted by Gasteiger charge is 2.34. The summed E-state index contributed by atoms with van der Waals surface area (Å²) in [5.41, 5.74) is 0. The fourth-order valence-corrected chi connectivity index (χ4v) is 3.56. The number of halogens is 1. The lowest BCUT2D eigenvalue weighted by Gasteiger charge is -2.44. The van der Waals surface area contributed by atoms with Gasteiger partial charge in [-0.25, -0.2) is 0 Å². The lowest BCUT2D eigenvalue weighted by atomic mass is 9.78. The average Bonchev–Trinajstić information content (AvgIpc) is 2.46. The molecule has 2 unspecified atom stereocenters. The predicted octanol–water partition coefficient (Wildman–Crippen LogP) is 2.69. The third kappa shape index (κ3) is 2.61. The number of fused-ring (bicyclic) bond motifs is 1. The molecule has 0 N–H and O–H groups in total. The minimum absolute atomic E-state index is 0.208. The summed E-state index contributed by atoms with van der Waals surface area (Å²) in [7, 11) is 1.55. The van der Waals surface area contributed by atoms with Gasteiger partial charge in [-0.2, -0.15) is 15.0 Å². The molecule has 2 heterocycles. The molecule has 2 fully saturated rings. The van der Waals surface area contributed by atoms with Crippen LogP contribution in [0.3, 0.4) is 0 Å². The first-order chi connectivity index (χ1) is 9.28. The standard InChI is InChI=1S/C13H19ClN4O/c1-19-13-16-11(14)15-12(17-13)18-8-4-6-9-5-2-3-7-10(9)18/h9-10H,2-8H2,1H3. The molecule has 19 heavy (non-hydrogen) atoms. The summed E-state index contributed by atoms with van der Waals surface area (Å²) in [6.07, 6.45) is 7.75. The van der Waals surface area contributed by atoms with E-state index in [1.165, 1.54) is 38.5 Å². The molecule has 2 aliphatic rings. The molecule has 1 aromatic rings. The van der Waals surface area contributed by atoms with Gasteiger partial charge in [0.15, 0.2) is 0 Å². The van der Waals surface area contributed by atoms with Crippen LogP contribution in [0, 0.1) is 5.92 Å². The molecule has 0 aromatic carbocycles. The molecule has 3 rings (SSSR count). The van der Waals surface area contributed by atoms with Crippen molar-refractivity contribution in [1.29, 1.82) is 0 Å². The van der Waals surface area contributed by atoms with Crippen molar-refractivity contribution in [3.05, 3.63) is 5.28 Å². The van der Waals surface area contributed by atoms with Crippen molar-refractivity contribution in [2.75, 3.05) is 18.6 Å². The summed E-state index contributed by atoms with van der Waals surface area (Å²) in [6.45, 7) is 1.00. The SMILES string of the molecule is COc1nc(Cl)nc(N2CCCC3CCCCC32)n1. The molecular weight excluding hydrogens is 264 g/mol. The molecule has 1 aliphatic carbocycles. The number of rotatable bonds is 2. The monoisotopic (exact) mass is 282 g/mol. The third-order valence-electron chi connectivity index (χ3n) is 4.26. The van der Waals surface area contributed by atoms with E-state index in [0.717, 1.165) is 12.5 Å². The number of hydrogen-bond donors (Lipinski definition) is 0. The summed E-state index contributed by atoms with van der Waals surface area (Å²) in [4.78, 5) is 14.9. The highest BCUT2D eigenvalue weighted by molar-refractivity contribution is 6.28. The zero-order valence-corrected chi connectivity index (χ0v) is 11.9. The van der Waals surface area contributed by atoms with Gasteiger partial charge >= 0.3 is 6.01 Å². The van der Waals surface area contributed by atoms with Gasteiger partial charge in [0, 0.05) is 12.6 Å². The number of methoxy groups -OCH3 is 1. The van der Waals surface area contributed by atoms with Gasteiger partial charge in [0.2, 0.25) is 11.2 Å². The van der Waals surface area contributed by atoms with E-state index in [1.807, 2.05) is 0 Å². The van der Waals surface area contributed by atoms with E-state index in [9.17, 15) is 0 Å². The summed E-state index contributed by atoms with van der Waals surface area (Å²) in [5.74, 6) is 1.46. The Morgan fingerprint density at radius 1 is 1.11 bits per heavy atom. The van der Waals surface area contributed by atoms with Crippen molar-refractivity contribution >= 4 is 17.5 Å². The Morgan fingerprint density at radius 3 is 2.74 bits per heavy atom. The molecule has 1 saturated heterocycles. The second kappa shape index (κ2) is 5.49. The van der Waals surface area contributed by atoms with E-state index in [4.69, 9.17) is 16.3 Å². The van der Waals surface area contributed by atoms with Crippen LogP contribution in [-0.2, 0) is 0 Å². The first-order valence-electron chi connectivity index (χ1n) is 7.00. The summed E-state index contributed by atoms with van der Waals surface area (Å²) in [6, 6.07) is 0.860. The van der Waals surface area contributed by atoms with Gasteiger partial charge in [-0.1, -0.05) is 12.8 Å². The Kier molecular flexibility index (Phi) is 3.73. The fraction of sp³-hybridized carbons (Fsp3) is 0.769. The van der Waals surface area contributed by atoms with E-state index < -0.39 is 0 Å². The van der Waals surface area contributed by atoms with Gasteiger partial charge in [-0.05, 0) is 43.2 Å². The number of aromatic nitrogens is 3. The second-order valence-corrected chi connectivity index (χ2v) is 5.68. The fourth-order valence-electron chi connectivity index (χ4n) is 3.41. The van der Waals surface area contributed by atoms with Crippen LogP contribution >= 0.6 is 11.6 Å². The predicted molar refractivity (Wildman–Crippen MR) is 73.7 cm³/mol. The van der Waals surface area contributed by atoms with Crippen LogP contribution in [0.25, 0.3) is 0 Å². The number of ether oxygens (including phenoxy) is 1. The molecular formula is C13H19ClN4O. The van der Waals surface area contributed by atoms with Crippen molar-refractivity contribution in [2.24, 2.45) is 5.92 Å². The first kappa shape index (κ1) is 12.9. The first-order valence-corrected chi connectivity index (χ1v) is 7.38. The molecule has 5 nitrogen and oxygen atoms in total.